The van der Waals surface area contributed by atoms with Crippen molar-refractivity contribution in [2.24, 2.45) is 5.92 Å². The van der Waals surface area contributed by atoms with Crippen molar-refractivity contribution in [1.82, 2.24) is 10.6 Å². The molecule has 1 rings (SSSR count). The third-order valence-corrected chi connectivity index (χ3v) is 4.26. The third kappa shape index (κ3) is 5.75. The fraction of sp³-hybridized carbons (Fsp3) is 0.917. The van der Waals surface area contributed by atoms with Crippen LogP contribution in [-0.4, -0.2) is 37.0 Å². The summed E-state index contributed by atoms with van der Waals surface area (Å²) in [6, 6.07) is 0. The van der Waals surface area contributed by atoms with Gasteiger partial charge < -0.3 is 10.6 Å². The summed E-state index contributed by atoms with van der Waals surface area (Å²) in [5.41, 5.74) is 0. The van der Waals surface area contributed by atoms with E-state index in [4.69, 9.17) is 0 Å². The first kappa shape index (κ1) is 13.8. The number of hydrogen-bond donors (Lipinski definition) is 2. The van der Waals surface area contributed by atoms with E-state index in [1.807, 2.05) is 11.8 Å². The SMILES string of the molecule is CSC(C)CCNC(=O)CCC1CCNC1. The lowest BCUT2D eigenvalue weighted by Crippen LogP contribution is -2.26. The zero-order valence-corrected chi connectivity index (χ0v) is 11.2. The monoisotopic (exact) mass is 244 g/mol. The zero-order chi connectivity index (χ0) is 11.8. The number of carbonyl (C=O) groups is 1. The van der Waals surface area contributed by atoms with E-state index in [0.29, 0.717) is 11.7 Å². The maximum absolute atomic E-state index is 11.5. The van der Waals surface area contributed by atoms with Gasteiger partial charge in [-0.1, -0.05) is 6.92 Å². The van der Waals surface area contributed by atoms with Crippen molar-refractivity contribution in [3.05, 3.63) is 0 Å². The maximum atomic E-state index is 11.5. The van der Waals surface area contributed by atoms with Crippen LogP contribution in [0.3, 0.4) is 0 Å². The lowest BCUT2D eigenvalue weighted by Gasteiger charge is -2.10. The molecule has 1 amide bonds. The number of nitrogens with one attached hydrogen (secondary N) is 2. The van der Waals surface area contributed by atoms with Gasteiger partial charge in [0.25, 0.3) is 0 Å². The first-order valence-electron chi connectivity index (χ1n) is 6.22. The minimum absolute atomic E-state index is 0.222. The van der Waals surface area contributed by atoms with Crippen molar-refractivity contribution >= 4 is 17.7 Å². The molecule has 3 nitrogen and oxygen atoms in total. The predicted molar refractivity (Wildman–Crippen MR) is 70.8 cm³/mol. The molecule has 0 aromatic carbocycles. The van der Waals surface area contributed by atoms with E-state index in [2.05, 4.69) is 23.8 Å². The smallest absolute Gasteiger partial charge is 0.220 e. The highest BCUT2D eigenvalue weighted by molar-refractivity contribution is 7.99. The Morgan fingerprint density at radius 2 is 2.44 bits per heavy atom. The summed E-state index contributed by atoms with van der Waals surface area (Å²) in [5, 5.41) is 6.96. The van der Waals surface area contributed by atoms with Crippen molar-refractivity contribution in [2.45, 2.75) is 37.9 Å². The van der Waals surface area contributed by atoms with E-state index in [0.717, 1.165) is 38.4 Å². The van der Waals surface area contributed by atoms with Crippen molar-refractivity contribution < 1.29 is 4.79 Å². The average molecular weight is 244 g/mol. The van der Waals surface area contributed by atoms with E-state index < -0.39 is 0 Å². The molecule has 1 aliphatic rings. The lowest BCUT2D eigenvalue weighted by molar-refractivity contribution is -0.121. The number of thioether (sulfide) groups is 1. The molecule has 1 fully saturated rings. The molecule has 2 unspecified atom stereocenters. The molecule has 1 aliphatic heterocycles. The zero-order valence-electron chi connectivity index (χ0n) is 10.4. The van der Waals surface area contributed by atoms with Gasteiger partial charge in [-0.25, -0.2) is 0 Å². The summed E-state index contributed by atoms with van der Waals surface area (Å²) in [6.07, 6.45) is 6.14. The molecule has 0 aromatic rings. The van der Waals surface area contributed by atoms with E-state index >= 15 is 0 Å². The van der Waals surface area contributed by atoms with Gasteiger partial charge in [0.1, 0.15) is 0 Å². The summed E-state index contributed by atoms with van der Waals surface area (Å²) in [5.74, 6) is 0.941. The third-order valence-electron chi connectivity index (χ3n) is 3.22. The van der Waals surface area contributed by atoms with Gasteiger partial charge in [0, 0.05) is 18.2 Å². The Hall–Kier alpha value is -0.220. The van der Waals surface area contributed by atoms with Crippen molar-refractivity contribution in [3.63, 3.8) is 0 Å². The Balaban J connectivity index is 1.97. The lowest BCUT2D eigenvalue weighted by atomic mass is 10.0. The van der Waals surface area contributed by atoms with E-state index in [1.165, 1.54) is 6.42 Å². The Morgan fingerprint density at radius 1 is 1.62 bits per heavy atom. The number of amides is 1. The average Bonchev–Trinajstić information content (AvgIpc) is 2.79. The minimum Gasteiger partial charge on any atom is -0.356 e. The highest BCUT2D eigenvalue weighted by atomic mass is 32.2. The standard InChI is InChI=1S/C12H24N2OS/c1-10(16-2)5-8-14-12(15)4-3-11-6-7-13-9-11/h10-11,13H,3-9H2,1-2H3,(H,14,15). The molecule has 4 heteroatoms. The van der Waals surface area contributed by atoms with Crippen molar-refractivity contribution in [2.75, 3.05) is 25.9 Å². The van der Waals surface area contributed by atoms with Crippen LogP contribution in [0.25, 0.3) is 0 Å². The van der Waals surface area contributed by atoms with Crippen LogP contribution in [0.5, 0.6) is 0 Å². The second-order valence-electron chi connectivity index (χ2n) is 4.58. The van der Waals surface area contributed by atoms with Crippen LogP contribution >= 0.6 is 11.8 Å². The van der Waals surface area contributed by atoms with Gasteiger partial charge in [-0.2, -0.15) is 11.8 Å². The molecular weight excluding hydrogens is 220 g/mol. The van der Waals surface area contributed by atoms with E-state index in [-0.39, 0.29) is 5.91 Å². The minimum atomic E-state index is 0.222. The van der Waals surface area contributed by atoms with E-state index in [9.17, 15) is 4.79 Å². The molecule has 16 heavy (non-hydrogen) atoms. The summed E-state index contributed by atoms with van der Waals surface area (Å²) >= 11 is 1.85. The summed E-state index contributed by atoms with van der Waals surface area (Å²) in [4.78, 5) is 11.5. The van der Waals surface area contributed by atoms with Crippen molar-refractivity contribution in [1.29, 1.82) is 0 Å². The molecule has 0 saturated carbocycles. The quantitative estimate of drug-likeness (QED) is 0.715. The van der Waals surface area contributed by atoms with Gasteiger partial charge in [-0.05, 0) is 44.5 Å². The van der Waals surface area contributed by atoms with Crippen LogP contribution in [0.4, 0.5) is 0 Å². The van der Waals surface area contributed by atoms with Gasteiger partial charge in [-0.3, -0.25) is 4.79 Å². The Morgan fingerprint density at radius 3 is 3.06 bits per heavy atom. The Labute approximate surface area is 103 Å². The summed E-state index contributed by atoms with van der Waals surface area (Å²) in [6.45, 7) is 5.24. The molecule has 0 bridgehead atoms. The number of carbonyl (C=O) groups excluding carboxylic acids is 1. The van der Waals surface area contributed by atoms with Gasteiger partial charge in [0.2, 0.25) is 5.91 Å². The molecular formula is C12H24N2OS. The second kappa shape index (κ2) is 7.96. The molecule has 1 saturated heterocycles. The summed E-state index contributed by atoms with van der Waals surface area (Å²) in [7, 11) is 0. The van der Waals surface area contributed by atoms with Crippen LogP contribution in [0.15, 0.2) is 0 Å². The molecule has 0 aliphatic carbocycles. The molecule has 0 spiro atoms. The second-order valence-corrected chi connectivity index (χ2v) is 5.86. The highest BCUT2D eigenvalue weighted by Gasteiger charge is 2.15. The first-order valence-corrected chi connectivity index (χ1v) is 7.51. The fourth-order valence-corrected chi connectivity index (χ4v) is 2.27. The Kier molecular flexibility index (Phi) is 6.88. The molecule has 1 heterocycles. The molecule has 94 valence electrons. The van der Waals surface area contributed by atoms with Gasteiger partial charge in [0.05, 0.1) is 0 Å². The van der Waals surface area contributed by atoms with Crippen LogP contribution in [0.2, 0.25) is 0 Å². The van der Waals surface area contributed by atoms with Gasteiger partial charge in [-0.15, -0.1) is 0 Å². The van der Waals surface area contributed by atoms with Crippen LogP contribution in [0, 0.1) is 5.92 Å². The molecule has 2 N–H and O–H groups in total. The Bertz CT molecular complexity index is 205. The normalized spacial score (nSPS) is 22.0. The molecule has 0 radical (unpaired) electrons. The largest absolute Gasteiger partial charge is 0.356 e. The fourth-order valence-electron chi connectivity index (χ4n) is 1.92. The maximum Gasteiger partial charge on any atom is 0.220 e. The van der Waals surface area contributed by atoms with Gasteiger partial charge >= 0.3 is 0 Å². The number of rotatable bonds is 7. The van der Waals surface area contributed by atoms with Crippen LogP contribution < -0.4 is 10.6 Å². The summed E-state index contributed by atoms with van der Waals surface area (Å²) < 4.78 is 0. The van der Waals surface area contributed by atoms with Crippen molar-refractivity contribution in [3.8, 4) is 0 Å². The van der Waals surface area contributed by atoms with E-state index in [1.54, 1.807) is 0 Å². The van der Waals surface area contributed by atoms with Crippen LogP contribution in [0.1, 0.15) is 32.6 Å². The molecule has 2 atom stereocenters. The predicted octanol–water partition coefficient (Wildman–Crippen LogP) is 1.63. The number of hydrogen-bond acceptors (Lipinski definition) is 3. The van der Waals surface area contributed by atoms with Crippen LogP contribution in [-0.2, 0) is 4.79 Å². The first-order chi connectivity index (χ1) is 7.72. The highest BCUT2D eigenvalue weighted by Crippen LogP contribution is 2.14. The molecule has 0 aromatic heterocycles. The van der Waals surface area contributed by atoms with Gasteiger partial charge in [0.15, 0.2) is 0 Å². The topological polar surface area (TPSA) is 41.1 Å².